The third kappa shape index (κ3) is 4.13. The summed E-state index contributed by atoms with van der Waals surface area (Å²) in [5, 5.41) is 0.937. The van der Waals surface area contributed by atoms with Gasteiger partial charge in [0.15, 0.2) is 10.9 Å². The number of rotatable bonds is 4. The first kappa shape index (κ1) is 24.0. The van der Waals surface area contributed by atoms with E-state index in [1.807, 2.05) is 24.3 Å². The molecule has 4 aromatic rings. The van der Waals surface area contributed by atoms with Crippen LogP contribution in [-0.2, 0) is 15.0 Å². The van der Waals surface area contributed by atoms with Gasteiger partial charge in [-0.1, -0.05) is 38.2 Å². The van der Waals surface area contributed by atoms with Crippen LogP contribution < -0.4 is 9.64 Å². The number of hydrogen-bond donors (Lipinski definition) is 0. The van der Waals surface area contributed by atoms with Gasteiger partial charge >= 0.3 is 0 Å². The Morgan fingerprint density at radius 3 is 2.36 bits per heavy atom. The number of nitrogens with zero attached hydrogens (tertiary/aromatic N) is 3. The van der Waals surface area contributed by atoms with Gasteiger partial charge in [0.1, 0.15) is 5.75 Å². The summed E-state index contributed by atoms with van der Waals surface area (Å²) >= 11 is 1.65. The minimum Gasteiger partial charge on any atom is -0.496 e. The summed E-state index contributed by atoms with van der Waals surface area (Å²) in [6.07, 6.45) is 2.89. The van der Waals surface area contributed by atoms with E-state index in [0.717, 1.165) is 49.2 Å². The van der Waals surface area contributed by atoms with Gasteiger partial charge in [-0.25, -0.2) is 4.98 Å². The Balaban J connectivity index is 1.69. The highest BCUT2D eigenvalue weighted by atomic mass is 32.1. The molecule has 36 heavy (non-hydrogen) atoms. The van der Waals surface area contributed by atoms with Crippen LogP contribution in [0.1, 0.15) is 44.1 Å². The molecule has 5 rings (SSSR count). The molecule has 0 bridgehead atoms. The lowest BCUT2D eigenvalue weighted by atomic mass is 9.83. The van der Waals surface area contributed by atoms with E-state index in [0.29, 0.717) is 5.69 Å². The summed E-state index contributed by atoms with van der Waals surface area (Å²) in [5.74, 6) is 0.357. The Morgan fingerprint density at radius 1 is 1.00 bits per heavy atom. The van der Waals surface area contributed by atoms with Crippen molar-refractivity contribution in [2.45, 2.75) is 46.5 Å². The molecule has 0 saturated carbocycles. The fourth-order valence-corrected chi connectivity index (χ4v) is 5.78. The van der Waals surface area contributed by atoms with Crippen LogP contribution in [0.5, 0.6) is 5.75 Å². The number of ether oxygens (including phenoxy) is 1. The number of fused-ring (bicyclic) bond motifs is 1. The Hall–Kier alpha value is -3.71. The summed E-state index contributed by atoms with van der Waals surface area (Å²) < 4.78 is 9.19. The van der Waals surface area contributed by atoms with Crippen LogP contribution in [-0.4, -0.2) is 28.4 Å². The van der Waals surface area contributed by atoms with Gasteiger partial charge in [-0.05, 0) is 67.3 Å². The molecule has 3 heterocycles. The second-order valence-electron chi connectivity index (χ2n) is 10.2. The number of thiazole rings is 1. The Kier molecular flexibility index (Phi) is 5.83. The molecule has 0 N–H and O–H groups in total. The molecule has 2 aromatic carbocycles. The van der Waals surface area contributed by atoms with E-state index in [4.69, 9.17) is 9.72 Å². The molecule has 184 valence electrons. The van der Waals surface area contributed by atoms with Gasteiger partial charge in [0, 0.05) is 34.4 Å². The summed E-state index contributed by atoms with van der Waals surface area (Å²) in [6, 6.07) is 14.4. The van der Waals surface area contributed by atoms with E-state index in [2.05, 4.69) is 57.4 Å². The van der Waals surface area contributed by atoms with Gasteiger partial charge < -0.3 is 4.74 Å². The van der Waals surface area contributed by atoms with Gasteiger partial charge in [0.05, 0.1) is 23.7 Å². The number of anilines is 1. The topological polar surface area (TPSA) is 64.4 Å². The van der Waals surface area contributed by atoms with Gasteiger partial charge in [-0.3, -0.25) is 19.1 Å². The monoisotopic (exact) mass is 499 g/mol. The van der Waals surface area contributed by atoms with E-state index in [9.17, 15) is 9.59 Å². The lowest BCUT2D eigenvalue weighted by Gasteiger charge is -2.28. The lowest BCUT2D eigenvalue weighted by molar-refractivity contribution is -0.124. The number of amides is 1. The maximum Gasteiger partial charge on any atom is 0.238 e. The molecule has 0 unspecified atom stereocenters. The van der Waals surface area contributed by atoms with Crippen molar-refractivity contribution in [3.63, 3.8) is 0 Å². The molecule has 0 atom stereocenters. The van der Waals surface area contributed by atoms with Crippen LogP contribution in [0.25, 0.3) is 26.5 Å². The standard InChI is InChI=1S/C29H29N3O3S/c1-17-7-8-18(2)32(17)28-30-24-10-9-19(13-25(24)36-28)22-14-20(31-12-11-21(33)16-26(31)34)15-23(27(22)35-6)29(3,4)5/h7-15H,16H2,1-6H3. The minimum atomic E-state index is -0.238. The maximum atomic E-state index is 12.7. The highest BCUT2D eigenvalue weighted by Gasteiger charge is 2.27. The molecule has 0 aliphatic carbocycles. The highest BCUT2D eigenvalue weighted by molar-refractivity contribution is 7.20. The summed E-state index contributed by atoms with van der Waals surface area (Å²) in [5.41, 5.74) is 6.56. The number of aromatic nitrogens is 2. The number of allylic oxidation sites excluding steroid dienone is 1. The molecular weight excluding hydrogens is 470 g/mol. The molecular formula is C29H29N3O3S. The van der Waals surface area contributed by atoms with E-state index in [-0.39, 0.29) is 23.5 Å². The zero-order valence-electron chi connectivity index (χ0n) is 21.4. The zero-order chi connectivity index (χ0) is 25.8. The van der Waals surface area contributed by atoms with Gasteiger partial charge in [-0.2, -0.15) is 0 Å². The average Bonchev–Trinajstić information content (AvgIpc) is 3.38. The highest BCUT2D eigenvalue weighted by Crippen LogP contribution is 2.44. The second-order valence-corrected chi connectivity index (χ2v) is 11.2. The molecule has 1 aliphatic heterocycles. The number of methoxy groups -OCH3 is 1. The molecule has 0 radical (unpaired) electrons. The molecule has 6 nitrogen and oxygen atoms in total. The van der Waals surface area contributed by atoms with Crippen molar-refractivity contribution in [2.24, 2.45) is 0 Å². The molecule has 0 spiro atoms. The number of ketones is 1. The minimum absolute atomic E-state index is 0.128. The Labute approximate surface area is 214 Å². The molecule has 0 fully saturated rings. The summed E-state index contributed by atoms with van der Waals surface area (Å²) in [7, 11) is 1.68. The number of aryl methyl sites for hydroxylation is 2. The Bertz CT molecular complexity index is 1530. The predicted molar refractivity (Wildman–Crippen MR) is 145 cm³/mol. The average molecular weight is 500 g/mol. The zero-order valence-corrected chi connectivity index (χ0v) is 22.2. The molecule has 7 heteroatoms. The lowest BCUT2D eigenvalue weighted by Crippen LogP contribution is -2.31. The van der Waals surface area contributed by atoms with E-state index < -0.39 is 0 Å². The third-order valence-corrected chi connectivity index (χ3v) is 7.52. The van der Waals surface area contributed by atoms with Crippen molar-refractivity contribution in [2.75, 3.05) is 12.0 Å². The van der Waals surface area contributed by atoms with Gasteiger partial charge in [0.25, 0.3) is 0 Å². The van der Waals surface area contributed by atoms with Crippen LogP contribution in [0.3, 0.4) is 0 Å². The maximum absolute atomic E-state index is 12.7. The number of carbonyl (C=O) groups is 2. The first-order chi connectivity index (χ1) is 17.1. The van der Waals surface area contributed by atoms with Crippen molar-refractivity contribution < 1.29 is 14.3 Å². The second kappa shape index (κ2) is 8.75. The van der Waals surface area contributed by atoms with Crippen LogP contribution in [0.2, 0.25) is 0 Å². The van der Waals surface area contributed by atoms with E-state index in [1.165, 1.54) is 6.08 Å². The van der Waals surface area contributed by atoms with Crippen molar-refractivity contribution in [1.29, 1.82) is 0 Å². The van der Waals surface area contributed by atoms with E-state index >= 15 is 0 Å². The van der Waals surface area contributed by atoms with Crippen LogP contribution in [0.4, 0.5) is 5.69 Å². The van der Waals surface area contributed by atoms with Crippen LogP contribution in [0.15, 0.2) is 54.7 Å². The number of benzene rings is 2. The number of carbonyl (C=O) groups excluding carboxylic acids is 2. The van der Waals surface area contributed by atoms with Crippen molar-refractivity contribution in [1.82, 2.24) is 9.55 Å². The molecule has 1 amide bonds. The van der Waals surface area contributed by atoms with Gasteiger partial charge in [0.2, 0.25) is 5.91 Å². The van der Waals surface area contributed by atoms with Crippen molar-refractivity contribution >= 4 is 38.9 Å². The first-order valence-electron chi connectivity index (χ1n) is 11.9. The quantitative estimate of drug-likeness (QED) is 0.301. The van der Waals surface area contributed by atoms with E-state index in [1.54, 1.807) is 29.5 Å². The summed E-state index contributed by atoms with van der Waals surface area (Å²) in [4.78, 5) is 30.9. The van der Waals surface area contributed by atoms with Crippen molar-refractivity contribution in [3.8, 4) is 22.0 Å². The fourth-order valence-electron chi connectivity index (χ4n) is 4.65. The largest absolute Gasteiger partial charge is 0.496 e. The van der Waals surface area contributed by atoms with Crippen molar-refractivity contribution in [3.05, 3.63) is 71.7 Å². The predicted octanol–water partition coefficient (Wildman–Crippen LogP) is 6.50. The fraction of sp³-hybridized carbons (Fsp3) is 0.276. The molecule has 1 aliphatic rings. The SMILES string of the molecule is COc1c(-c2ccc3nc(-n4c(C)ccc4C)sc3c2)cc(N2C=CC(=O)CC2=O)cc1C(C)(C)C. The van der Waals surface area contributed by atoms with Gasteiger partial charge in [-0.15, -0.1) is 0 Å². The molecule has 2 aromatic heterocycles. The third-order valence-electron chi connectivity index (χ3n) is 6.52. The molecule has 0 saturated heterocycles. The van der Waals surface area contributed by atoms with Crippen LogP contribution >= 0.6 is 11.3 Å². The van der Waals surface area contributed by atoms with Crippen LogP contribution in [0, 0.1) is 13.8 Å². The first-order valence-corrected chi connectivity index (χ1v) is 12.7. The summed E-state index contributed by atoms with van der Waals surface area (Å²) in [6.45, 7) is 10.5. The number of hydrogen-bond acceptors (Lipinski definition) is 5. The Morgan fingerprint density at radius 2 is 1.72 bits per heavy atom. The normalized spacial score (nSPS) is 14.2. The smallest absolute Gasteiger partial charge is 0.238 e.